The summed E-state index contributed by atoms with van der Waals surface area (Å²) < 4.78 is 0. The number of aliphatic hydroxyl groups is 1. The fourth-order valence-electron chi connectivity index (χ4n) is 3.49. The number of hydrogen-bond acceptors (Lipinski definition) is 4. The van der Waals surface area contributed by atoms with Gasteiger partial charge in [-0.1, -0.05) is 60.7 Å². The monoisotopic (exact) mass is 427 g/mol. The van der Waals surface area contributed by atoms with E-state index in [-0.39, 0.29) is 52.2 Å². The van der Waals surface area contributed by atoms with E-state index in [0.29, 0.717) is 6.54 Å². The van der Waals surface area contributed by atoms with Crippen LogP contribution in [-0.2, 0) is 32.7 Å². The third-order valence-electron chi connectivity index (χ3n) is 4.73. The van der Waals surface area contributed by atoms with Crippen LogP contribution >= 0.6 is 0 Å². The summed E-state index contributed by atoms with van der Waals surface area (Å²) in [5.41, 5.74) is 2.55. The fraction of sp³-hybridized carbons (Fsp3) is 0.300. The summed E-state index contributed by atoms with van der Waals surface area (Å²) in [5, 5.41) is 19.0. The molecule has 2 aromatic rings. The zero-order chi connectivity index (χ0) is 16.9. The molecule has 0 spiro atoms. The fourth-order valence-corrected chi connectivity index (χ4v) is 3.49. The van der Waals surface area contributed by atoms with Crippen molar-refractivity contribution in [2.45, 2.75) is 18.9 Å². The Balaban J connectivity index is 0.00000169. The van der Waals surface area contributed by atoms with Gasteiger partial charge in [0.2, 0.25) is 0 Å². The second kappa shape index (κ2) is 11.3. The maximum atomic E-state index is 9.91. The first-order chi connectivity index (χ1) is 11.7. The van der Waals surface area contributed by atoms with Crippen LogP contribution in [0.15, 0.2) is 60.7 Å². The van der Waals surface area contributed by atoms with Gasteiger partial charge >= 0.3 is 7.05 Å². The SMILES string of the molecule is CB(O)N(C[CH-]O)C1CN(C(c2ccccc2)c2ccccc2)C1.[CH3-].[Y]. The van der Waals surface area contributed by atoms with Crippen molar-refractivity contribution >= 4 is 7.05 Å². The summed E-state index contributed by atoms with van der Waals surface area (Å²) >= 11 is 0. The Morgan fingerprint density at radius 2 is 1.54 bits per heavy atom. The van der Waals surface area contributed by atoms with Gasteiger partial charge in [-0.2, -0.15) is 0 Å². The molecule has 26 heavy (non-hydrogen) atoms. The Bertz CT molecular complexity index is 585. The van der Waals surface area contributed by atoms with Gasteiger partial charge in [0, 0.05) is 51.8 Å². The molecule has 1 aliphatic heterocycles. The number of likely N-dealkylation sites (tertiary alicyclic amines) is 1. The minimum absolute atomic E-state index is 0. The third kappa shape index (κ3) is 5.48. The molecular weight excluding hydrogens is 400 g/mol. The molecule has 0 bridgehead atoms. The molecule has 0 saturated carbocycles. The molecule has 1 radical (unpaired) electrons. The van der Waals surface area contributed by atoms with Gasteiger partial charge in [-0.3, -0.25) is 4.90 Å². The maximum Gasteiger partial charge on any atom is 0.374 e. The number of nitrogens with zero attached hydrogens (tertiary/aromatic N) is 2. The first-order valence-electron chi connectivity index (χ1n) is 8.44. The van der Waals surface area contributed by atoms with Crippen molar-refractivity contribution < 1.29 is 42.8 Å². The van der Waals surface area contributed by atoms with Gasteiger partial charge < -0.3 is 22.4 Å². The van der Waals surface area contributed by atoms with Gasteiger partial charge in [0.1, 0.15) is 0 Å². The third-order valence-corrected chi connectivity index (χ3v) is 4.73. The number of aliphatic hydroxyl groups excluding tert-OH is 1. The summed E-state index contributed by atoms with van der Waals surface area (Å²) in [4.78, 5) is 4.34. The minimum atomic E-state index is -0.563. The van der Waals surface area contributed by atoms with E-state index in [0.717, 1.165) is 19.7 Å². The molecule has 2 N–H and O–H groups in total. The molecule has 0 amide bonds. The summed E-state index contributed by atoms with van der Waals surface area (Å²) in [6.07, 6.45) is 0. The molecule has 0 unspecified atom stereocenters. The van der Waals surface area contributed by atoms with Gasteiger partial charge in [0.25, 0.3) is 0 Å². The summed E-state index contributed by atoms with van der Waals surface area (Å²) in [6, 6.07) is 21.5. The Hall–Kier alpha value is -0.551. The molecule has 4 nitrogen and oxygen atoms in total. The molecule has 137 valence electrons. The predicted molar refractivity (Wildman–Crippen MR) is 103 cm³/mol. The van der Waals surface area contributed by atoms with Crippen LogP contribution in [0, 0.1) is 14.0 Å². The van der Waals surface area contributed by atoms with Crippen LogP contribution in [0.5, 0.6) is 0 Å². The molecule has 0 atom stereocenters. The average Bonchev–Trinajstić information content (AvgIpc) is 2.57. The van der Waals surface area contributed by atoms with Crippen molar-refractivity contribution in [2.75, 3.05) is 19.6 Å². The van der Waals surface area contributed by atoms with Gasteiger partial charge in [-0.15, -0.1) is 6.54 Å². The normalized spacial score (nSPS) is 14.5. The van der Waals surface area contributed by atoms with Crippen LogP contribution in [0.25, 0.3) is 0 Å². The first-order valence-corrected chi connectivity index (χ1v) is 8.44. The standard InChI is InChI=1S/C19H24BN2O2.CH3.Y/c1-20(24)22(12-13-23)18-14-21(15-18)19(16-8-4-2-5-9-16)17-10-6-3-7-11-17;;/h2-11,13,18-19,23-24H,12,14-15H2,1H3;1H3;/q2*-1;. The molecular formula is C20H27BN2O2Y-2. The van der Waals surface area contributed by atoms with Gasteiger partial charge in [0.15, 0.2) is 0 Å². The zero-order valence-electron chi connectivity index (χ0n) is 15.6. The second-order valence-electron chi connectivity index (χ2n) is 6.34. The molecule has 0 aliphatic carbocycles. The molecule has 1 heterocycles. The molecule has 1 aliphatic rings. The number of benzene rings is 2. The van der Waals surface area contributed by atoms with Crippen LogP contribution in [-0.4, -0.2) is 52.6 Å². The smallest absolute Gasteiger partial charge is 0.374 e. The molecule has 3 rings (SSSR count). The Labute approximate surface area is 183 Å². The topological polar surface area (TPSA) is 46.9 Å². The van der Waals surface area contributed by atoms with Crippen molar-refractivity contribution in [1.29, 1.82) is 0 Å². The quantitative estimate of drug-likeness (QED) is 0.527. The van der Waals surface area contributed by atoms with E-state index >= 15 is 0 Å². The molecule has 1 saturated heterocycles. The summed E-state index contributed by atoms with van der Waals surface area (Å²) in [7, 11) is -0.563. The van der Waals surface area contributed by atoms with Crippen molar-refractivity contribution in [3.8, 4) is 0 Å². The van der Waals surface area contributed by atoms with Crippen molar-refractivity contribution in [2.24, 2.45) is 0 Å². The van der Waals surface area contributed by atoms with Crippen LogP contribution in [0.4, 0.5) is 0 Å². The van der Waals surface area contributed by atoms with Crippen molar-refractivity contribution in [3.05, 3.63) is 85.8 Å². The molecule has 1 fully saturated rings. The number of hydrogen-bond donors (Lipinski definition) is 2. The van der Waals surface area contributed by atoms with E-state index in [1.165, 1.54) is 11.1 Å². The molecule has 2 aromatic carbocycles. The van der Waals surface area contributed by atoms with Crippen LogP contribution in [0.2, 0.25) is 6.82 Å². The van der Waals surface area contributed by atoms with Crippen LogP contribution in [0.3, 0.4) is 0 Å². The van der Waals surface area contributed by atoms with Crippen molar-refractivity contribution in [1.82, 2.24) is 9.71 Å². The second-order valence-corrected chi connectivity index (χ2v) is 6.34. The van der Waals surface area contributed by atoms with Gasteiger partial charge in [-0.25, -0.2) is 6.61 Å². The largest absolute Gasteiger partial charge is 0.565 e. The first kappa shape index (κ1) is 23.5. The maximum absolute atomic E-state index is 9.91. The summed E-state index contributed by atoms with van der Waals surface area (Å²) in [6.45, 7) is 4.98. The zero-order valence-corrected chi connectivity index (χ0v) is 18.4. The van der Waals surface area contributed by atoms with Gasteiger partial charge in [-0.05, 0) is 17.9 Å². The Morgan fingerprint density at radius 1 is 1.08 bits per heavy atom. The number of rotatable bonds is 7. The Morgan fingerprint density at radius 3 is 1.92 bits per heavy atom. The molecule has 6 heteroatoms. The minimum Gasteiger partial charge on any atom is -0.565 e. The van der Waals surface area contributed by atoms with E-state index in [4.69, 9.17) is 5.11 Å². The van der Waals surface area contributed by atoms with E-state index < -0.39 is 7.05 Å². The average molecular weight is 427 g/mol. The van der Waals surface area contributed by atoms with E-state index in [1.54, 1.807) is 6.82 Å². The predicted octanol–water partition coefficient (Wildman–Crippen LogP) is 2.85. The van der Waals surface area contributed by atoms with Gasteiger partial charge in [0.05, 0.1) is 6.04 Å². The van der Waals surface area contributed by atoms with Crippen molar-refractivity contribution in [3.63, 3.8) is 0 Å². The molecule has 0 aromatic heterocycles. The van der Waals surface area contributed by atoms with E-state index in [9.17, 15) is 5.02 Å². The van der Waals surface area contributed by atoms with Crippen LogP contribution < -0.4 is 0 Å². The summed E-state index contributed by atoms with van der Waals surface area (Å²) in [5.74, 6) is 0. The van der Waals surface area contributed by atoms with E-state index in [2.05, 4.69) is 53.4 Å². The van der Waals surface area contributed by atoms with Crippen LogP contribution in [0.1, 0.15) is 17.2 Å². The Kier molecular flexibility index (Phi) is 10.2. The van der Waals surface area contributed by atoms with E-state index in [1.807, 2.05) is 16.9 Å².